The summed E-state index contributed by atoms with van der Waals surface area (Å²) < 4.78 is 5.08. The molecule has 2 saturated heterocycles. The molecule has 4 rings (SSSR count). The lowest BCUT2D eigenvalue weighted by Crippen LogP contribution is -2.48. The number of carbonyl (C=O) groups excluding carboxylic acids is 3. The summed E-state index contributed by atoms with van der Waals surface area (Å²) in [5.74, 6) is -1.44. The summed E-state index contributed by atoms with van der Waals surface area (Å²) in [5, 5.41) is 13.0. The number of carbonyl (C=O) groups is 3. The molecule has 0 bridgehead atoms. The number of rotatable bonds is 4. The predicted molar refractivity (Wildman–Crippen MR) is 121 cm³/mol. The monoisotopic (exact) mass is 454 g/mol. The molecule has 32 heavy (non-hydrogen) atoms. The third-order valence-electron chi connectivity index (χ3n) is 6.00. The van der Waals surface area contributed by atoms with Gasteiger partial charge >= 0.3 is 6.09 Å². The minimum Gasteiger partial charge on any atom is -0.507 e. The Morgan fingerprint density at radius 3 is 2.44 bits per heavy atom. The number of Topliss-reactive ketones (excluding diaryl/α,β-unsaturated/α-hetero) is 1. The van der Waals surface area contributed by atoms with Gasteiger partial charge < -0.3 is 19.6 Å². The third kappa shape index (κ3) is 4.02. The number of hydrogen-bond donors (Lipinski definition) is 1. The molecule has 3 heterocycles. The highest BCUT2D eigenvalue weighted by Gasteiger charge is 2.49. The largest absolute Gasteiger partial charge is 0.507 e. The number of thiophene rings is 1. The second-order valence-electron chi connectivity index (χ2n) is 8.00. The van der Waals surface area contributed by atoms with E-state index in [1.807, 2.05) is 36.6 Å². The Bertz CT molecular complexity index is 1040. The highest BCUT2D eigenvalue weighted by atomic mass is 32.1. The van der Waals surface area contributed by atoms with E-state index >= 15 is 0 Å². The van der Waals surface area contributed by atoms with Crippen molar-refractivity contribution < 1.29 is 24.2 Å². The Balaban J connectivity index is 1.68. The Morgan fingerprint density at radius 2 is 1.84 bits per heavy atom. The zero-order valence-electron chi connectivity index (χ0n) is 18.1. The molecule has 1 aromatic carbocycles. The molecule has 2 aliphatic heterocycles. The summed E-state index contributed by atoms with van der Waals surface area (Å²) >= 11 is 1.45. The fourth-order valence-corrected chi connectivity index (χ4v) is 5.19. The molecule has 1 atom stereocenters. The first-order valence-corrected chi connectivity index (χ1v) is 11.6. The van der Waals surface area contributed by atoms with Gasteiger partial charge in [-0.2, -0.15) is 0 Å². The maximum absolute atomic E-state index is 13.2. The zero-order chi connectivity index (χ0) is 22.8. The van der Waals surface area contributed by atoms with E-state index in [0.717, 1.165) is 10.4 Å². The van der Waals surface area contributed by atoms with E-state index in [1.165, 1.54) is 11.3 Å². The standard InChI is InChI=1S/C24H26N2O5S/c1-3-31-24(30)25-12-10-17(11-13-25)26-20(18-5-4-14-32-18)19(22(28)23(26)29)21(27)16-8-6-15(2)7-9-16/h4-9,14,17,20,27H,3,10-13H2,1-2H3/b21-19-. The van der Waals surface area contributed by atoms with E-state index in [-0.39, 0.29) is 23.5 Å². The highest BCUT2D eigenvalue weighted by molar-refractivity contribution is 7.10. The molecule has 2 aliphatic rings. The van der Waals surface area contributed by atoms with Crippen LogP contribution in [0.25, 0.3) is 5.76 Å². The summed E-state index contributed by atoms with van der Waals surface area (Å²) in [7, 11) is 0. The number of piperidine rings is 1. The van der Waals surface area contributed by atoms with Crippen LogP contribution < -0.4 is 0 Å². The van der Waals surface area contributed by atoms with Crippen LogP contribution in [0.1, 0.15) is 41.8 Å². The van der Waals surface area contributed by atoms with Crippen LogP contribution in [-0.4, -0.2) is 58.4 Å². The van der Waals surface area contributed by atoms with Crippen molar-refractivity contribution in [3.63, 3.8) is 0 Å². The van der Waals surface area contributed by atoms with Crippen molar-refractivity contribution in [3.05, 3.63) is 63.4 Å². The molecule has 7 nitrogen and oxygen atoms in total. The summed E-state index contributed by atoms with van der Waals surface area (Å²) in [4.78, 5) is 42.4. The average molecular weight is 455 g/mol. The van der Waals surface area contributed by atoms with E-state index in [9.17, 15) is 19.5 Å². The molecule has 1 aromatic heterocycles. The van der Waals surface area contributed by atoms with Crippen LogP contribution in [0.5, 0.6) is 0 Å². The highest BCUT2D eigenvalue weighted by Crippen LogP contribution is 2.43. The number of ketones is 1. The van der Waals surface area contributed by atoms with E-state index in [2.05, 4.69) is 0 Å². The molecule has 0 saturated carbocycles. The first-order valence-electron chi connectivity index (χ1n) is 10.7. The van der Waals surface area contributed by atoms with Crippen LogP contribution in [0, 0.1) is 6.92 Å². The van der Waals surface area contributed by atoms with Crippen molar-refractivity contribution in [2.24, 2.45) is 0 Å². The van der Waals surface area contributed by atoms with Crippen molar-refractivity contribution in [3.8, 4) is 0 Å². The lowest BCUT2D eigenvalue weighted by atomic mass is 9.97. The number of nitrogens with zero attached hydrogens (tertiary/aromatic N) is 2. The number of aliphatic hydroxyl groups is 1. The third-order valence-corrected chi connectivity index (χ3v) is 6.93. The molecule has 0 radical (unpaired) electrons. The molecular weight excluding hydrogens is 428 g/mol. The Hall–Kier alpha value is -3.13. The number of benzene rings is 1. The number of amides is 2. The number of ether oxygens (including phenoxy) is 1. The minimum absolute atomic E-state index is 0.120. The minimum atomic E-state index is -0.672. The molecule has 1 N–H and O–H groups in total. The van der Waals surface area contributed by atoms with Crippen LogP contribution in [0.15, 0.2) is 47.4 Å². The van der Waals surface area contributed by atoms with Crippen LogP contribution in [0.2, 0.25) is 0 Å². The quantitative estimate of drug-likeness (QED) is 0.427. The summed E-state index contributed by atoms with van der Waals surface area (Å²) in [6.45, 7) is 4.91. The predicted octanol–water partition coefficient (Wildman–Crippen LogP) is 4.10. The Labute approximate surface area is 190 Å². The Kier molecular flexibility index (Phi) is 6.32. The molecular formula is C24H26N2O5S. The van der Waals surface area contributed by atoms with Gasteiger partial charge in [0.2, 0.25) is 0 Å². The van der Waals surface area contributed by atoms with Gasteiger partial charge in [-0.3, -0.25) is 9.59 Å². The second-order valence-corrected chi connectivity index (χ2v) is 8.98. The fourth-order valence-electron chi connectivity index (χ4n) is 4.36. The lowest BCUT2D eigenvalue weighted by molar-refractivity contribution is -0.142. The van der Waals surface area contributed by atoms with E-state index in [1.54, 1.807) is 28.9 Å². The molecule has 2 amide bonds. The van der Waals surface area contributed by atoms with Gasteiger partial charge in [-0.1, -0.05) is 35.9 Å². The number of aryl methyl sites for hydroxylation is 1. The van der Waals surface area contributed by atoms with Gasteiger partial charge in [0.25, 0.3) is 11.7 Å². The molecule has 2 fully saturated rings. The topological polar surface area (TPSA) is 87.2 Å². The van der Waals surface area contributed by atoms with Crippen LogP contribution in [0.3, 0.4) is 0 Å². The molecule has 0 aliphatic carbocycles. The van der Waals surface area contributed by atoms with Gasteiger partial charge in [0.05, 0.1) is 18.2 Å². The van der Waals surface area contributed by atoms with Gasteiger partial charge in [0.1, 0.15) is 5.76 Å². The van der Waals surface area contributed by atoms with Crippen molar-refractivity contribution >= 4 is 34.9 Å². The first kappa shape index (κ1) is 22.1. The summed E-state index contributed by atoms with van der Waals surface area (Å²) in [6, 6.07) is 10.1. The molecule has 1 unspecified atom stereocenters. The van der Waals surface area contributed by atoms with Gasteiger partial charge in [0.15, 0.2) is 0 Å². The normalized spacial score (nSPS) is 21.2. The van der Waals surface area contributed by atoms with Crippen molar-refractivity contribution in [2.75, 3.05) is 19.7 Å². The molecule has 8 heteroatoms. The maximum atomic E-state index is 13.2. The van der Waals surface area contributed by atoms with E-state index < -0.39 is 17.7 Å². The average Bonchev–Trinajstić information content (AvgIpc) is 3.41. The fraction of sp³-hybridized carbons (Fsp3) is 0.375. The SMILES string of the molecule is CCOC(=O)N1CCC(N2C(=O)C(=O)/C(=C(\O)c3ccc(C)cc3)C2c2cccs2)CC1. The van der Waals surface area contributed by atoms with Crippen molar-refractivity contribution in [1.82, 2.24) is 9.80 Å². The molecule has 2 aromatic rings. The summed E-state index contributed by atoms with van der Waals surface area (Å²) in [5.41, 5.74) is 1.66. The van der Waals surface area contributed by atoms with Crippen LogP contribution in [-0.2, 0) is 14.3 Å². The zero-order valence-corrected chi connectivity index (χ0v) is 18.9. The first-order chi connectivity index (χ1) is 15.4. The number of aliphatic hydroxyl groups excluding tert-OH is 1. The Morgan fingerprint density at radius 1 is 1.16 bits per heavy atom. The van der Waals surface area contributed by atoms with Crippen molar-refractivity contribution in [2.45, 2.75) is 38.8 Å². The van der Waals surface area contributed by atoms with Gasteiger partial charge in [-0.25, -0.2) is 4.79 Å². The molecule has 0 spiro atoms. The number of hydrogen-bond acceptors (Lipinski definition) is 6. The number of likely N-dealkylation sites (tertiary alicyclic amines) is 2. The van der Waals surface area contributed by atoms with E-state index in [0.29, 0.717) is 38.1 Å². The molecule has 168 valence electrons. The van der Waals surface area contributed by atoms with E-state index in [4.69, 9.17) is 4.74 Å². The van der Waals surface area contributed by atoms with Crippen molar-refractivity contribution in [1.29, 1.82) is 0 Å². The maximum Gasteiger partial charge on any atom is 0.409 e. The van der Waals surface area contributed by atoms with Gasteiger partial charge in [-0.05, 0) is 38.1 Å². The summed E-state index contributed by atoms with van der Waals surface area (Å²) in [6.07, 6.45) is 0.721. The van der Waals surface area contributed by atoms with Gasteiger partial charge in [-0.15, -0.1) is 11.3 Å². The van der Waals surface area contributed by atoms with Crippen LogP contribution in [0.4, 0.5) is 4.79 Å². The smallest absolute Gasteiger partial charge is 0.409 e. The van der Waals surface area contributed by atoms with Crippen LogP contribution >= 0.6 is 11.3 Å². The lowest BCUT2D eigenvalue weighted by Gasteiger charge is -2.38. The van der Waals surface area contributed by atoms with Gasteiger partial charge in [0, 0.05) is 29.6 Å². The second kappa shape index (κ2) is 9.16.